The van der Waals surface area contributed by atoms with Crippen molar-refractivity contribution in [2.75, 3.05) is 0 Å². The van der Waals surface area contributed by atoms with E-state index in [9.17, 15) is 4.79 Å². The van der Waals surface area contributed by atoms with Crippen LogP contribution in [0.25, 0.3) is 20.3 Å². The fourth-order valence-corrected chi connectivity index (χ4v) is 3.26. The molecule has 17 heavy (non-hydrogen) atoms. The van der Waals surface area contributed by atoms with Gasteiger partial charge in [-0.15, -0.1) is 11.3 Å². The highest BCUT2D eigenvalue weighted by Gasteiger charge is 2.15. The molecule has 3 nitrogen and oxygen atoms in total. The summed E-state index contributed by atoms with van der Waals surface area (Å²) < 4.78 is 1.01. The molecule has 0 aliphatic carbocycles. The average Bonchev–Trinajstić information content (AvgIpc) is 2.67. The number of hydrogen-bond donors (Lipinski definition) is 0. The maximum absolute atomic E-state index is 11.6. The number of fused-ring (bicyclic) bond motifs is 3. The first-order chi connectivity index (χ1) is 8.18. The number of ketones is 1. The molecule has 0 fully saturated rings. The van der Waals surface area contributed by atoms with E-state index in [4.69, 9.17) is 11.6 Å². The highest BCUT2D eigenvalue weighted by molar-refractivity contribution is 7.25. The zero-order valence-electron chi connectivity index (χ0n) is 8.90. The summed E-state index contributed by atoms with van der Waals surface area (Å²) in [5.74, 6) is 0.0234. The van der Waals surface area contributed by atoms with Crippen LogP contribution in [0.1, 0.15) is 17.3 Å². The van der Waals surface area contributed by atoms with Crippen LogP contribution in [0.4, 0.5) is 0 Å². The molecule has 2 aromatic heterocycles. The summed E-state index contributed by atoms with van der Waals surface area (Å²) in [4.78, 5) is 20.6. The van der Waals surface area contributed by atoms with Crippen LogP contribution in [-0.4, -0.2) is 15.8 Å². The molecule has 0 saturated heterocycles. The third-order valence-corrected chi connectivity index (χ3v) is 3.98. The van der Waals surface area contributed by atoms with Gasteiger partial charge in [0.25, 0.3) is 0 Å². The lowest BCUT2D eigenvalue weighted by Gasteiger charge is -1.99. The lowest BCUT2D eigenvalue weighted by atomic mass is 10.1. The van der Waals surface area contributed by atoms with Crippen LogP contribution in [0.3, 0.4) is 0 Å². The Hall–Kier alpha value is -1.52. The van der Waals surface area contributed by atoms with Crippen LogP contribution in [-0.2, 0) is 0 Å². The first kappa shape index (κ1) is 10.6. The summed E-state index contributed by atoms with van der Waals surface area (Å²) in [6, 6.07) is 5.64. The number of Topliss-reactive ketones (excluding diaryl/α,β-unsaturated/α-hetero) is 1. The van der Waals surface area contributed by atoms with E-state index in [1.54, 1.807) is 13.0 Å². The Morgan fingerprint density at radius 3 is 2.88 bits per heavy atom. The Labute approximate surface area is 106 Å². The molecular formula is C12H7ClN2OS. The third-order valence-electron chi connectivity index (χ3n) is 2.63. The van der Waals surface area contributed by atoms with Gasteiger partial charge in [0.05, 0.1) is 5.39 Å². The monoisotopic (exact) mass is 262 g/mol. The number of hydrogen-bond acceptors (Lipinski definition) is 4. The van der Waals surface area contributed by atoms with Gasteiger partial charge < -0.3 is 0 Å². The Kier molecular flexibility index (Phi) is 2.34. The Bertz CT molecular complexity index is 751. The van der Waals surface area contributed by atoms with E-state index in [1.807, 2.05) is 12.1 Å². The normalized spacial score (nSPS) is 11.2. The van der Waals surface area contributed by atoms with Crippen molar-refractivity contribution in [1.82, 2.24) is 9.97 Å². The van der Waals surface area contributed by atoms with Crippen molar-refractivity contribution < 1.29 is 4.79 Å². The highest BCUT2D eigenvalue weighted by Crippen LogP contribution is 2.37. The fourth-order valence-electron chi connectivity index (χ4n) is 1.91. The number of halogens is 1. The van der Waals surface area contributed by atoms with Crippen molar-refractivity contribution >= 4 is 49.0 Å². The van der Waals surface area contributed by atoms with E-state index in [0.29, 0.717) is 10.7 Å². The fraction of sp³-hybridized carbons (Fsp3) is 0.0833. The maximum atomic E-state index is 11.6. The van der Waals surface area contributed by atoms with E-state index in [-0.39, 0.29) is 5.78 Å². The Balaban J connectivity index is 2.61. The molecule has 3 aromatic rings. The molecule has 0 aliphatic heterocycles. The van der Waals surface area contributed by atoms with E-state index in [2.05, 4.69) is 9.97 Å². The lowest BCUT2D eigenvalue weighted by Crippen LogP contribution is -1.92. The van der Waals surface area contributed by atoms with Crippen molar-refractivity contribution in [3.8, 4) is 0 Å². The van der Waals surface area contributed by atoms with Gasteiger partial charge in [0.2, 0.25) is 0 Å². The number of carbonyl (C=O) groups is 1. The molecule has 0 unspecified atom stereocenters. The molecule has 0 spiro atoms. The molecule has 0 radical (unpaired) electrons. The number of rotatable bonds is 1. The van der Waals surface area contributed by atoms with Crippen molar-refractivity contribution in [2.45, 2.75) is 6.92 Å². The summed E-state index contributed by atoms with van der Waals surface area (Å²) in [6.45, 7) is 1.55. The molecule has 1 aromatic carbocycles. The molecule has 0 aliphatic rings. The molecule has 84 valence electrons. The second-order valence-corrected chi connectivity index (χ2v) is 5.07. The number of nitrogens with zero attached hydrogens (tertiary/aromatic N) is 2. The minimum atomic E-state index is 0.0234. The van der Waals surface area contributed by atoms with Gasteiger partial charge in [-0.1, -0.05) is 23.7 Å². The van der Waals surface area contributed by atoms with Gasteiger partial charge in [0.15, 0.2) is 5.78 Å². The van der Waals surface area contributed by atoms with Gasteiger partial charge in [-0.2, -0.15) is 0 Å². The van der Waals surface area contributed by atoms with Crippen molar-refractivity contribution in [2.24, 2.45) is 0 Å². The molecular weight excluding hydrogens is 256 g/mol. The largest absolute Gasteiger partial charge is 0.294 e. The second-order valence-electron chi connectivity index (χ2n) is 3.68. The van der Waals surface area contributed by atoms with Crippen LogP contribution in [0.5, 0.6) is 0 Å². The summed E-state index contributed by atoms with van der Waals surface area (Å²) in [6.07, 6.45) is 1.44. The van der Waals surface area contributed by atoms with Crippen molar-refractivity contribution in [3.05, 3.63) is 35.2 Å². The van der Waals surface area contributed by atoms with Gasteiger partial charge in [0, 0.05) is 15.6 Å². The predicted octanol–water partition coefficient (Wildman–Crippen LogP) is 3.70. The Morgan fingerprint density at radius 2 is 2.12 bits per heavy atom. The van der Waals surface area contributed by atoms with E-state index < -0.39 is 0 Å². The number of benzene rings is 1. The van der Waals surface area contributed by atoms with Gasteiger partial charge >= 0.3 is 0 Å². The summed E-state index contributed by atoms with van der Waals surface area (Å²) in [5, 5.41) is 2.04. The van der Waals surface area contributed by atoms with Gasteiger partial charge in [0.1, 0.15) is 16.3 Å². The standard InChI is InChI=1S/C12H7ClN2OS/c1-6(16)7-3-2-4-8-9(7)10-11(13)14-5-15-12(10)17-8/h2-5H,1H3. The summed E-state index contributed by atoms with van der Waals surface area (Å²) in [7, 11) is 0. The molecule has 5 heteroatoms. The second kappa shape index (κ2) is 3.75. The Morgan fingerprint density at radius 1 is 1.29 bits per heavy atom. The molecule has 0 saturated carbocycles. The number of aromatic nitrogens is 2. The summed E-state index contributed by atoms with van der Waals surface area (Å²) >= 11 is 7.62. The third kappa shape index (κ3) is 1.52. The minimum absolute atomic E-state index is 0.0234. The molecule has 0 N–H and O–H groups in total. The van der Waals surface area contributed by atoms with Gasteiger partial charge in [-0.3, -0.25) is 4.79 Å². The van der Waals surface area contributed by atoms with Gasteiger partial charge in [-0.25, -0.2) is 9.97 Å². The van der Waals surface area contributed by atoms with Crippen LogP contribution < -0.4 is 0 Å². The van der Waals surface area contributed by atoms with Crippen LogP contribution in [0, 0.1) is 0 Å². The van der Waals surface area contributed by atoms with E-state index in [0.717, 1.165) is 20.3 Å². The number of thiophene rings is 1. The minimum Gasteiger partial charge on any atom is -0.294 e. The first-order valence-corrected chi connectivity index (χ1v) is 6.20. The van der Waals surface area contributed by atoms with Crippen LogP contribution in [0.15, 0.2) is 24.5 Å². The van der Waals surface area contributed by atoms with E-state index in [1.165, 1.54) is 17.7 Å². The molecule has 0 atom stereocenters. The predicted molar refractivity (Wildman–Crippen MR) is 69.9 cm³/mol. The van der Waals surface area contributed by atoms with Gasteiger partial charge in [-0.05, 0) is 13.0 Å². The zero-order chi connectivity index (χ0) is 12.0. The highest BCUT2D eigenvalue weighted by atomic mass is 35.5. The van der Waals surface area contributed by atoms with Crippen molar-refractivity contribution in [1.29, 1.82) is 0 Å². The lowest BCUT2D eigenvalue weighted by molar-refractivity contribution is 0.101. The molecule has 0 bridgehead atoms. The smallest absolute Gasteiger partial charge is 0.160 e. The van der Waals surface area contributed by atoms with Crippen LogP contribution >= 0.6 is 22.9 Å². The summed E-state index contributed by atoms with van der Waals surface area (Å²) in [5.41, 5.74) is 0.672. The first-order valence-electron chi connectivity index (χ1n) is 5.01. The molecule has 0 amide bonds. The van der Waals surface area contributed by atoms with Crippen molar-refractivity contribution in [3.63, 3.8) is 0 Å². The van der Waals surface area contributed by atoms with Crippen LogP contribution in [0.2, 0.25) is 5.15 Å². The maximum Gasteiger partial charge on any atom is 0.160 e. The number of carbonyl (C=O) groups excluding carboxylic acids is 1. The van der Waals surface area contributed by atoms with E-state index >= 15 is 0 Å². The zero-order valence-corrected chi connectivity index (χ0v) is 10.5. The molecule has 3 rings (SSSR count). The quantitative estimate of drug-likeness (QED) is 0.496. The topological polar surface area (TPSA) is 42.9 Å². The SMILES string of the molecule is CC(=O)c1cccc2sc3ncnc(Cl)c3c12. The molecule has 2 heterocycles. The average molecular weight is 263 g/mol.